The molecule has 156 valence electrons. The third kappa shape index (κ3) is 3.84. The average Bonchev–Trinajstić information content (AvgIpc) is 3.01. The van der Waals surface area contributed by atoms with Crippen molar-refractivity contribution >= 4 is 17.5 Å². The molecule has 1 aromatic carbocycles. The summed E-state index contributed by atoms with van der Waals surface area (Å²) in [5, 5.41) is 16.6. The molecule has 3 aliphatic carbocycles. The van der Waals surface area contributed by atoms with E-state index in [9.17, 15) is 14.3 Å². The molecular formula is C20H23ClFN3O4. The molecule has 3 aliphatic rings. The van der Waals surface area contributed by atoms with E-state index in [0.717, 1.165) is 6.07 Å². The molecule has 3 fully saturated rings. The smallest absolute Gasteiger partial charge is 0.258 e. The van der Waals surface area contributed by atoms with E-state index < -0.39 is 12.0 Å². The van der Waals surface area contributed by atoms with Crippen LogP contribution in [0.5, 0.6) is 5.75 Å². The van der Waals surface area contributed by atoms with E-state index in [2.05, 4.69) is 15.6 Å². The number of halogens is 2. The summed E-state index contributed by atoms with van der Waals surface area (Å²) in [6, 6.07) is 4.04. The topological polar surface area (TPSA) is 96.6 Å². The van der Waals surface area contributed by atoms with Crippen LogP contribution in [0, 0.1) is 12.7 Å². The Kier molecular flexibility index (Phi) is 5.04. The number of aliphatic hydroxyl groups is 1. The van der Waals surface area contributed by atoms with E-state index in [1.165, 1.54) is 12.1 Å². The molecule has 5 rings (SSSR count). The summed E-state index contributed by atoms with van der Waals surface area (Å²) < 4.78 is 24.3. The van der Waals surface area contributed by atoms with Crippen LogP contribution >= 0.6 is 11.6 Å². The van der Waals surface area contributed by atoms with Crippen molar-refractivity contribution in [2.24, 2.45) is 0 Å². The molecule has 1 heterocycles. The van der Waals surface area contributed by atoms with E-state index in [1.54, 1.807) is 6.92 Å². The van der Waals surface area contributed by atoms with Gasteiger partial charge in [0.15, 0.2) is 24.5 Å². The maximum atomic E-state index is 13.4. The van der Waals surface area contributed by atoms with E-state index in [1.807, 2.05) is 6.92 Å². The van der Waals surface area contributed by atoms with Crippen LogP contribution in [0.3, 0.4) is 0 Å². The Morgan fingerprint density at radius 2 is 2.14 bits per heavy atom. The Balaban J connectivity index is 1.24. The van der Waals surface area contributed by atoms with Gasteiger partial charge in [0.05, 0.1) is 10.7 Å². The predicted octanol–water partition coefficient (Wildman–Crippen LogP) is 2.79. The molecule has 2 aromatic rings. The van der Waals surface area contributed by atoms with Gasteiger partial charge in [-0.05, 0) is 38.3 Å². The normalized spacial score (nSPS) is 25.7. The number of rotatable bonds is 8. The number of benzene rings is 1. The van der Waals surface area contributed by atoms with Gasteiger partial charge in [-0.2, -0.15) is 0 Å². The zero-order valence-electron chi connectivity index (χ0n) is 16.2. The summed E-state index contributed by atoms with van der Waals surface area (Å²) in [7, 11) is 0. The first-order valence-corrected chi connectivity index (χ1v) is 9.92. The van der Waals surface area contributed by atoms with Crippen LogP contribution in [0.1, 0.15) is 49.8 Å². The summed E-state index contributed by atoms with van der Waals surface area (Å²) in [6.07, 6.45) is 1.88. The molecule has 1 aromatic heterocycles. The van der Waals surface area contributed by atoms with Gasteiger partial charge in [0.1, 0.15) is 11.6 Å². The number of amides is 1. The minimum absolute atomic E-state index is 0.00194. The van der Waals surface area contributed by atoms with Crippen LogP contribution in [0.2, 0.25) is 5.02 Å². The van der Waals surface area contributed by atoms with Crippen molar-refractivity contribution < 1.29 is 23.4 Å². The summed E-state index contributed by atoms with van der Waals surface area (Å²) in [6.45, 7) is 3.54. The monoisotopic (exact) mass is 423 g/mol. The Labute approximate surface area is 172 Å². The lowest BCUT2D eigenvalue weighted by Gasteiger charge is -2.71. The van der Waals surface area contributed by atoms with E-state index in [0.29, 0.717) is 43.0 Å². The molecule has 3 N–H and O–H groups in total. The molecule has 0 saturated heterocycles. The number of nitrogens with one attached hydrogen (secondary N) is 2. The van der Waals surface area contributed by atoms with Gasteiger partial charge in [-0.25, -0.2) is 9.37 Å². The first kappa shape index (κ1) is 20.1. The van der Waals surface area contributed by atoms with Crippen molar-refractivity contribution in [1.29, 1.82) is 0 Å². The Morgan fingerprint density at radius 3 is 2.76 bits per heavy atom. The Morgan fingerprint density at radius 1 is 1.41 bits per heavy atom. The van der Waals surface area contributed by atoms with Gasteiger partial charge in [-0.3, -0.25) is 10.1 Å². The summed E-state index contributed by atoms with van der Waals surface area (Å²) in [4.78, 5) is 16.5. The Hall–Kier alpha value is -2.16. The first-order valence-electron chi connectivity index (χ1n) is 9.54. The van der Waals surface area contributed by atoms with Gasteiger partial charge in [-0.1, -0.05) is 18.5 Å². The van der Waals surface area contributed by atoms with Crippen molar-refractivity contribution in [3.05, 3.63) is 46.4 Å². The first-order chi connectivity index (χ1) is 13.7. The average molecular weight is 424 g/mol. The predicted molar refractivity (Wildman–Crippen MR) is 103 cm³/mol. The molecule has 2 bridgehead atoms. The second-order valence-electron chi connectivity index (χ2n) is 7.96. The lowest BCUT2D eigenvalue weighted by molar-refractivity contribution is -0.152. The fourth-order valence-electron chi connectivity index (χ4n) is 4.35. The number of hydrogen-bond acceptors (Lipinski definition) is 6. The van der Waals surface area contributed by atoms with Crippen LogP contribution in [0.15, 0.2) is 22.6 Å². The fourth-order valence-corrected chi connectivity index (χ4v) is 4.46. The SMILES string of the molecule is CCc1nc(C)c(C(O)NC23CC(NC(=O)COc4ccc(Cl)c(F)c4)(C2)C3)o1. The van der Waals surface area contributed by atoms with Crippen molar-refractivity contribution in [2.45, 2.75) is 56.8 Å². The molecule has 0 spiro atoms. The van der Waals surface area contributed by atoms with Crippen LogP contribution in [-0.4, -0.2) is 33.7 Å². The number of aromatic nitrogens is 1. The second-order valence-corrected chi connectivity index (χ2v) is 8.37. The molecule has 1 unspecified atom stereocenters. The summed E-state index contributed by atoms with van der Waals surface area (Å²) in [5.41, 5.74) is 0.189. The lowest BCUT2D eigenvalue weighted by atomic mass is 9.44. The highest BCUT2D eigenvalue weighted by Crippen LogP contribution is 2.61. The fraction of sp³-hybridized carbons (Fsp3) is 0.500. The molecule has 1 atom stereocenters. The zero-order valence-corrected chi connectivity index (χ0v) is 17.0. The summed E-state index contributed by atoms with van der Waals surface area (Å²) in [5.74, 6) is 0.416. The van der Waals surface area contributed by atoms with Crippen molar-refractivity contribution in [3.63, 3.8) is 0 Å². The molecule has 9 heteroatoms. The molecule has 29 heavy (non-hydrogen) atoms. The standard InChI is InChI=1S/C20H23ClFN3O4/c1-3-16-23-11(2)17(29-16)18(27)25-20-8-19(9-20,10-20)24-15(26)7-28-12-4-5-13(21)14(22)6-12/h4-6,18,25,27H,3,7-10H2,1-2H3,(H,24,26). The van der Waals surface area contributed by atoms with Gasteiger partial charge < -0.3 is 19.6 Å². The molecular weight excluding hydrogens is 401 g/mol. The van der Waals surface area contributed by atoms with E-state index in [4.69, 9.17) is 20.8 Å². The van der Waals surface area contributed by atoms with Crippen molar-refractivity contribution in [2.75, 3.05) is 6.61 Å². The van der Waals surface area contributed by atoms with Crippen LogP contribution in [0.4, 0.5) is 4.39 Å². The van der Waals surface area contributed by atoms with Gasteiger partial charge in [0, 0.05) is 23.6 Å². The molecule has 1 amide bonds. The number of nitrogens with zero attached hydrogens (tertiary/aromatic N) is 1. The highest BCUT2D eigenvalue weighted by atomic mass is 35.5. The van der Waals surface area contributed by atoms with Crippen molar-refractivity contribution in [1.82, 2.24) is 15.6 Å². The third-order valence-electron chi connectivity index (χ3n) is 5.57. The molecule has 0 radical (unpaired) electrons. The number of aliphatic hydroxyl groups excluding tert-OH is 1. The van der Waals surface area contributed by atoms with E-state index in [-0.39, 0.29) is 34.4 Å². The Bertz CT molecular complexity index is 928. The van der Waals surface area contributed by atoms with Crippen LogP contribution in [0.25, 0.3) is 0 Å². The van der Waals surface area contributed by atoms with Gasteiger partial charge in [-0.15, -0.1) is 0 Å². The summed E-state index contributed by atoms with van der Waals surface area (Å²) >= 11 is 5.62. The second kappa shape index (κ2) is 7.27. The van der Waals surface area contributed by atoms with Crippen molar-refractivity contribution in [3.8, 4) is 5.75 Å². The quantitative estimate of drug-likeness (QED) is 0.565. The minimum atomic E-state index is -0.931. The third-order valence-corrected chi connectivity index (χ3v) is 5.87. The highest BCUT2D eigenvalue weighted by molar-refractivity contribution is 6.30. The van der Waals surface area contributed by atoms with E-state index >= 15 is 0 Å². The number of oxazole rings is 1. The number of aryl methyl sites for hydroxylation is 2. The maximum Gasteiger partial charge on any atom is 0.258 e. The van der Waals surface area contributed by atoms with Gasteiger partial charge >= 0.3 is 0 Å². The molecule has 3 saturated carbocycles. The largest absolute Gasteiger partial charge is 0.484 e. The molecule has 0 aliphatic heterocycles. The molecule has 7 nitrogen and oxygen atoms in total. The number of carbonyl (C=O) groups excluding carboxylic acids is 1. The number of carbonyl (C=O) groups is 1. The number of hydrogen-bond donors (Lipinski definition) is 3. The highest BCUT2D eigenvalue weighted by Gasteiger charge is 2.69. The zero-order chi connectivity index (χ0) is 20.8. The van der Waals surface area contributed by atoms with Crippen LogP contribution in [-0.2, 0) is 11.2 Å². The van der Waals surface area contributed by atoms with Gasteiger partial charge in [0.25, 0.3) is 5.91 Å². The lowest BCUT2D eigenvalue weighted by Crippen LogP contribution is -2.83. The van der Waals surface area contributed by atoms with Crippen LogP contribution < -0.4 is 15.4 Å². The minimum Gasteiger partial charge on any atom is -0.484 e. The van der Waals surface area contributed by atoms with Gasteiger partial charge in [0.2, 0.25) is 0 Å². The maximum absolute atomic E-state index is 13.4. The number of ether oxygens (including phenoxy) is 1.